The Labute approximate surface area is 145 Å². The quantitative estimate of drug-likeness (QED) is 0.843. The summed E-state index contributed by atoms with van der Waals surface area (Å²) in [5, 5.41) is 0.133. The minimum absolute atomic E-state index is 0.0514. The minimum Gasteiger partial charge on any atom is -0.462 e. The predicted octanol–water partition coefficient (Wildman–Crippen LogP) is 2.95. The molecule has 128 valence electrons. The topological polar surface area (TPSA) is 94.6 Å². The van der Waals surface area contributed by atoms with Gasteiger partial charge in [-0.25, -0.2) is 9.78 Å². The lowest BCUT2D eigenvalue weighted by Gasteiger charge is -2.30. The van der Waals surface area contributed by atoms with Gasteiger partial charge in [-0.1, -0.05) is 32.4 Å². The molecule has 1 aliphatic heterocycles. The number of hydrogen-bond donors (Lipinski definition) is 1. The predicted molar refractivity (Wildman–Crippen MR) is 93.4 cm³/mol. The van der Waals surface area contributed by atoms with Gasteiger partial charge in [-0.05, 0) is 25.1 Å². The molecule has 0 fully saturated rings. The van der Waals surface area contributed by atoms with Crippen LogP contribution in [0.1, 0.15) is 43.7 Å². The Morgan fingerprint density at radius 2 is 2.04 bits per heavy atom. The fraction of sp³-hybridized carbons (Fsp3) is 0.412. The molecular formula is C17H20ClN3O3. The largest absolute Gasteiger partial charge is 0.462 e. The van der Waals surface area contributed by atoms with Gasteiger partial charge < -0.3 is 10.5 Å². The zero-order valence-corrected chi connectivity index (χ0v) is 14.8. The van der Waals surface area contributed by atoms with Crippen molar-refractivity contribution in [3.63, 3.8) is 0 Å². The van der Waals surface area contributed by atoms with Gasteiger partial charge in [0.1, 0.15) is 17.1 Å². The maximum absolute atomic E-state index is 13.0. The van der Waals surface area contributed by atoms with Crippen LogP contribution in [0.4, 0.5) is 5.82 Å². The number of allylic oxidation sites excluding steroid dienone is 1. The van der Waals surface area contributed by atoms with Crippen LogP contribution >= 0.6 is 11.6 Å². The zero-order valence-electron chi connectivity index (χ0n) is 14.1. The molecule has 0 saturated carbocycles. The standard InChI is InChI=1S/C17H20ClN3O3/c1-5-24-14(22)10-9-11(18)12(21-13(10)19)17(7-6-8-20-17)15(23)16(2,3)4/h6-9H,5H2,1-4H3,(H2,19,21). The number of esters is 1. The summed E-state index contributed by atoms with van der Waals surface area (Å²) in [7, 11) is 0. The Bertz CT molecular complexity index is 736. The number of hydrogen-bond acceptors (Lipinski definition) is 6. The lowest BCUT2D eigenvalue weighted by Crippen LogP contribution is -2.40. The molecule has 0 radical (unpaired) electrons. The van der Waals surface area contributed by atoms with Crippen LogP contribution in [0.2, 0.25) is 5.02 Å². The van der Waals surface area contributed by atoms with Crippen molar-refractivity contribution in [3.05, 3.63) is 34.5 Å². The second-order valence-electron chi connectivity index (χ2n) is 6.45. The normalized spacial score (nSPS) is 19.5. The molecule has 1 atom stereocenters. The molecule has 6 nitrogen and oxygen atoms in total. The number of Topliss-reactive ketones (excluding diaryl/α,β-unsaturated/α-hetero) is 1. The third kappa shape index (κ3) is 3.06. The van der Waals surface area contributed by atoms with Gasteiger partial charge in [0, 0.05) is 11.6 Å². The number of ketones is 1. The summed E-state index contributed by atoms with van der Waals surface area (Å²) in [6, 6.07) is 1.37. The summed E-state index contributed by atoms with van der Waals surface area (Å²) in [5.41, 5.74) is 4.16. The van der Waals surface area contributed by atoms with Crippen molar-refractivity contribution in [2.24, 2.45) is 10.4 Å². The summed E-state index contributed by atoms with van der Waals surface area (Å²) in [6.07, 6.45) is 4.83. The third-order valence-electron chi connectivity index (χ3n) is 3.59. The molecule has 2 rings (SSSR count). The average molecular weight is 350 g/mol. The van der Waals surface area contributed by atoms with Crippen LogP contribution in [0.3, 0.4) is 0 Å². The van der Waals surface area contributed by atoms with E-state index in [1.807, 2.05) is 0 Å². The first kappa shape index (κ1) is 18.1. The van der Waals surface area contributed by atoms with Gasteiger partial charge in [0.25, 0.3) is 0 Å². The number of rotatable bonds is 4. The van der Waals surface area contributed by atoms with Crippen molar-refractivity contribution in [2.45, 2.75) is 33.2 Å². The van der Waals surface area contributed by atoms with Gasteiger partial charge >= 0.3 is 5.97 Å². The molecule has 0 spiro atoms. The molecule has 0 bridgehead atoms. The first-order chi connectivity index (χ1) is 11.1. The molecule has 7 heteroatoms. The minimum atomic E-state index is -1.34. The van der Waals surface area contributed by atoms with Gasteiger partial charge in [-0.3, -0.25) is 9.79 Å². The van der Waals surface area contributed by atoms with E-state index in [4.69, 9.17) is 22.1 Å². The van der Waals surface area contributed by atoms with Crippen molar-refractivity contribution in [1.29, 1.82) is 0 Å². The first-order valence-electron chi connectivity index (χ1n) is 7.55. The fourth-order valence-corrected chi connectivity index (χ4v) is 2.78. The maximum atomic E-state index is 13.0. The number of nitrogen functional groups attached to an aromatic ring is 1. The molecule has 1 aromatic rings. The van der Waals surface area contributed by atoms with E-state index in [1.54, 1.807) is 39.8 Å². The molecule has 0 amide bonds. The number of halogens is 1. The highest BCUT2D eigenvalue weighted by atomic mass is 35.5. The number of carbonyl (C=O) groups is 2. The van der Waals surface area contributed by atoms with E-state index < -0.39 is 16.9 Å². The number of nitrogens with two attached hydrogens (primary N) is 1. The monoisotopic (exact) mass is 349 g/mol. The van der Waals surface area contributed by atoms with E-state index in [0.717, 1.165) is 0 Å². The van der Waals surface area contributed by atoms with Gasteiger partial charge in [-0.15, -0.1) is 0 Å². The second-order valence-corrected chi connectivity index (χ2v) is 6.86. The number of anilines is 1. The second kappa shape index (κ2) is 6.36. The van der Waals surface area contributed by atoms with Crippen LogP contribution in [-0.4, -0.2) is 29.6 Å². The van der Waals surface area contributed by atoms with E-state index in [0.29, 0.717) is 0 Å². The molecule has 0 saturated heterocycles. The van der Waals surface area contributed by atoms with E-state index in [1.165, 1.54) is 12.3 Å². The Morgan fingerprint density at radius 3 is 2.54 bits per heavy atom. The molecular weight excluding hydrogens is 330 g/mol. The molecule has 1 unspecified atom stereocenters. The molecule has 0 aliphatic carbocycles. The lowest BCUT2D eigenvalue weighted by atomic mass is 9.76. The van der Waals surface area contributed by atoms with Gasteiger partial charge in [0.05, 0.1) is 11.6 Å². The number of ether oxygens (including phenoxy) is 1. The van der Waals surface area contributed by atoms with Gasteiger partial charge in [0.15, 0.2) is 11.3 Å². The van der Waals surface area contributed by atoms with Crippen molar-refractivity contribution < 1.29 is 14.3 Å². The van der Waals surface area contributed by atoms with Gasteiger partial charge in [-0.2, -0.15) is 0 Å². The summed E-state index contributed by atoms with van der Waals surface area (Å²) in [4.78, 5) is 33.4. The number of aromatic nitrogens is 1. The highest BCUT2D eigenvalue weighted by Crippen LogP contribution is 2.40. The Balaban J connectivity index is 2.60. The van der Waals surface area contributed by atoms with Crippen LogP contribution in [0.25, 0.3) is 0 Å². The first-order valence-corrected chi connectivity index (χ1v) is 7.93. The molecule has 2 heterocycles. The Morgan fingerprint density at radius 1 is 1.38 bits per heavy atom. The summed E-state index contributed by atoms with van der Waals surface area (Å²) in [5.74, 6) is -0.834. The smallest absolute Gasteiger partial charge is 0.341 e. The molecule has 1 aromatic heterocycles. The van der Waals surface area contributed by atoms with Crippen molar-refractivity contribution in [1.82, 2.24) is 4.98 Å². The van der Waals surface area contributed by atoms with Crippen LogP contribution in [0.5, 0.6) is 0 Å². The van der Waals surface area contributed by atoms with Crippen molar-refractivity contribution in [2.75, 3.05) is 12.3 Å². The van der Waals surface area contributed by atoms with Crippen molar-refractivity contribution in [3.8, 4) is 0 Å². The summed E-state index contributed by atoms with van der Waals surface area (Å²) in [6.45, 7) is 7.28. The Kier molecular flexibility index (Phi) is 4.80. The van der Waals surface area contributed by atoms with Gasteiger partial charge in [0.2, 0.25) is 0 Å². The van der Waals surface area contributed by atoms with Crippen molar-refractivity contribution >= 4 is 35.4 Å². The van der Waals surface area contributed by atoms with Crippen LogP contribution in [-0.2, 0) is 15.1 Å². The lowest BCUT2D eigenvalue weighted by molar-refractivity contribution is -0.130. The highest BCUT2D eigenvalue weighted by molar-refractivity contribution is 6.32. The third-order valence-corrected chi connectivity index (χ3v) is 3.88. The number of pyridine rings is 1. The van der Waals surface area contributed by atoms with E-state index in [2.05, 4.69) is 9.98 Å². The van der Waals surface area contributed by atoms with E-state index in [9.17, 15) is 9.59 Å². The molecule has 0 aromatic carbocycles. The maximum Gasteiger partial charge on any atom is 0.341 e. The van der Waals surface area contributed by atoms with Crippen LogP contribution in [0.15, 0.2) is 23.2 Å². The number of aliphatic imine (C=N–C) groups is 1. The summed E-state index contributed by atoms with van der Waals surface area (Å²) >= 11 is 6.32. The molecule has 2 N–H and O–H groups in total. The number of nitrogens with zero attached hydrogens (tertiary/aromatic N) is 2. The van der Waals surface area contributed by atoms with Crippen LogP contribution in [0, 0.1) is 5.41 Å². The molecule has 1 aliphatic rings. The van der Waals surface area contributed by atoms with E-state index in [-0.39, 0.29) is 34.5 Å². The highest BCUT2D eigenvalue weighted by Gasteiger charge is 2.47. The zero-order chi connectivity index (χ0) is 18.1. The average Bonchev–Trinajstić information content (AvgIpc) is 2.98. The van der Waals surface area contributed by atoms with E-state index >= 15 is 0 Å². The fourth-order valence-electron chi connectivity index (χ4n) is 2.48. The van der Waals surface area contributed by atoms with Crippen LogP contribution < -0.4 is 5.73 Å². The molecule has 24 heavy (non-hydrogen) atoms. The number of carbonyl (C=O) groups excluding carboxylic acids is 2. The SMILES string of the molecule is CCOC(=O)c1cc(Cl)c(C2(C(=O)C(C)(C)C)C=CC=N2)nc1N. The summed E-state index contributed by atoms with van der Waals surface area (Å²) < 4.78 is 4.93. The Hall–Kier alpha value is -2.21.